The summed E-state index contributed by atoms with van der Waals surface area (Å²) in [6, 6.07) is 5.81. The molecule has 0 bridgehead atoms. The Kier molecular flexibility index (Phi) is 9.39. The van der Waals surface area contributed by atoms with Crippen LogP contribution >= 0.6 is 0 Å². The topological polar surface area (TPSA) is 165 Å². The molecule has 14 heteroatoms. The van der Waals surface area contributed by atoms with E-state index in [1.165, 1.54) is 18.3 Å². The molecule has 0 spiro atoms. The van der Waals surface area contributed by atoms with Crippen LogP contribution in [0.2, 0.25) is 0 Å². The molecule has 7 N–H and O–H groups in total. The second kappa shape index (κ2) is 11.8. The van der Waals surface area contributed by atoms with E-state index < -0.39 is 45.3 Å². The highest BCUT2D eigenvalue weighted by molar-refractivity contribution is 7.91. The third kappa shape index (κ3) is 7.16. The van der Waals surface area contributed by atoms with Crippen molar-refractivity contribution in [2.45, 2.75) is 48.4 Å². The molecule has 0 aliphatic heterocycles. The number of carbonyl (C=O) groups is 1. The highest BCUT2D eigenvalue weighted by Gasteiger charge is 2.31. The van der Waals surface area contributed by atoms with Gasteiger partial charge in [0.2, 0.25) is 9.84 Å². The maximum atomic E-state index is 12.6. The number of benzene rings is 1. The number of halogens is 4. The summed E-state index contributed by atoms with van der Waals surface area (Å²) < 4.78 is 73.1. The van der Waals surface area contributed by atoms with Crippen LogP contribution in [0.15, 0.2) is 40.9 Å². The average molecular weight is 506 g/mol. The van der Waals surface area contributed by atoms with Gasteiger partial charge in [-0.05, 0) is 43.5 Å². The van der Waals surface area contributed by atoms with Crippen LogP contribution in [0.5, 0.6) is 0 Å². The summed E-state index contributed by atoms with van der Waals surface area (Å²) in [7, 11) is -4.76. The number of sulfone groups is 1. The third-order valence-electron chi connectivity index (χ3n) is 5.27. The smallest absolute Gasteiger partial charge is 0.341 e. The quantitative estimate of drug-likeness (QED) is 0.125. The fourth-order valence-electron chi connectivity index (χ4n) is 3.48. The number of alkyl halides is 4. The number of nitriles is 1. The molecule has 0 heterocycles. The minimum absolute atomic E-state index is 0.168. The van der Waals surface area contributed by atoms with Crippen molar-refractivity contribution in [3.63, 3.8) is 0 Å². The van der Waals surface area contributed by atoms with Crippen LogP contribution < -0.4 is 27.1 Å². The molecule has 3 atom stereocenters. The van der Waals surface area contributed by atoms with Crippen molar-refractivity contribution in [2.24, 2.45) is 17.4 Å². The Morgan fingerprint density at radius 1 is 1.21 bits per heavy atom. The molecule has 1 unspecified atom stereocenters. The summed E-state index contributed by atoms with van der Waals surface area (Å²) in [5.41, 5.74) is 11.3. The lowest BCUT2D eigenvalue weighted by atomic mass is 9.82. The first-order chi connectivity index (χ1) is 15.9. The van der Waals surface area contributed by atoms with Crippen LogP contribution in [0, 0.1) is 17.2 Å². The Morgan fingerprint density at radius 3 is 2.38 bits per heavy atom. The molecule has 1 fully saturated rings. The Balaban J connectivity index is 2.13. The molecule has 9 nitrogen and oxygen atoms in total. The minimum Gasteiger partial charge on any atom is -0.386 e. The van der Waals surface area contributed by atoms with Gasteiger partial charge in [0.05, 0.1) is 23.4 Å². The van der Waals surface area contributed by atoms with E-state index >= 15 is 0 Å². The van der Waals surface area contributed by atoms with Crippen molar-refractivity contribution in [3.05, 3.63) is 36.0 Å². The van der Waals surface area contributed by atoms with Gasteiger partial charge in [0, 0.05) is 18.3 Å². The van der Waals surface area contributed by atoms with Crippen LogP contribution in [0.4, 0.5) is 23.2 Å². The van der Waals surface area contributed by atoms with Gasteiger partial charge >= 0.3 is 5.76 Å². The first kappa shape index (κ1) is 27.1. The molecule has 0 saturated heterocycles. The molecular weight excluding hydrogens is 480 g/mol. The van der Waals surface area contributed by atoms with E-state index in [0.717, 1.165) is 12.1 Å². The number of carbonyl (C=O) groups excluding carboxylic acids is 1. The molecule has 2 rings (SSSR count). The molecule has 34 heavy (non-hydrogen) atoms. The number of hydrogen-bond donors (Lipinski definition) is 5. The predicted molar refractivity (Wildman–Crippen MR) is 114 cm³/mol. The summed E-state index contributed by atoms with van der Waals surface area (Å²) >= 11 is 0. The van der Waals surface area contributed by atoms with Gasteiger partial charge in [-0.15, -0.1) is 0 Å². The molecule has 1 aliphatic carbocycles. The number of primary amides is 1. The summed E-state index contributed by atoms with van der Waals surface area (Å²) in [5, 5.41) is 15.1. The zero-order chi connectivity index (χ0) is 25.5. The number of nitrogens with one attached hydrogen (secondary N) is 3. The molecule has 0 aromatic heterocycles. The standard InChI is InChI=1S/C20H24F4N6O3S/c21-17(22)10-28-13-3-6-16(11(7-13)8-25)29-9-15(19(27)31)18(26)30-12-1-4-14(5-2-12)34(32,33)20(23)24/h1-2,4-5,9,11,13,16-17,20,28-29H,3,6-7,10H2,(H2,26,30)(H2,27,31)/p+1/b15-9+/t11-,13?,16+/m1/s1. The number of nitrogens with zero attached hydrogens (tertiary/aromatic N) is 1. The van der Waals surface area contributed by atoms with Gasteiger partial charge in [-0.25, -0.2) is 22.2 Å². The van der Waals surface area contributed by atoms with E-state index in [9.17, 15) is 36.0 Å². The third-order valence-corrected chi connectivity index (χ3v) is 6.67. The second-order valence-electron chi connectivity index (χ2n) is 7.61. The Hall–Kier alpha value is -3.18. The van der Waals surface area contributed by atoms with Crippen LogP contribution in [-0.2, 0) is 14.6 Å². The predicted octanol–water partition coefficient (Wildman–Crippen LogP) is -0.373. The first-order valence-corrected chi connectivity index (χ1v) is 11.7. The Bertz CT molecular complexity index is 1070. The number of amides is 1. The van der Waals surface area contributed by atoms with Crippen molar-refractivity contribution in [1.82, 2.24) is 10.6 Å². The Labute approximate surface area is 193 Å². The van der Waals surface area contributed by atoms with Crippen LogP contribution in [0.1, 0.15) is 19.3 Å². The Morgan fingerprint density at radius 2 is 1.85 bits per heavy atom. The molecule has 0 radical (unpaired) electrons. The van der Waals surface area contributed by atoms with E-state index in [1.807, 2.05) is 0 Å². The fraction of sp³-hybridized carbons (Fsp3) is 0.450. The van der Waals surface area contributed by atoms with Crippen molar-refractivity contribution < 1.29 is 35.8 Å². The molecule has 1 aromatic carbocycles. The van der Waals surface area contributed by atoms with Gasteiger partial charge < -0.3 is 16.4 Å². The minimum atomic E-state index is -4.76. The molecule has 1 aromatic rings. The molecule has 1 aliphatic rings. The summed E-state index contributed by atoms with van der Waals surface area (Å²) in [4.78, 5) is 13.9. The molecule has 1 saturated carbocycles. The average Bonchev–Trinajstić information content (AvgIpc) is 2.78. The van der Waals surface area contributed by atoms with E-state index in [0.29, 0.717) is 19.3 Å². The highest BCUT2D eigenvalue weighted by Crippen LogP contribution is 2.25. The van der Waals surface area contributed by atoms with E-state index in [4.69, 9.17) is 11.5 Å². The summed E-state index contributed by atoms with van der Waals surface area (Å²) in [6.07, 6.45) is 0.0880. The van der Waals surface area contributed by atoms with Gasteiger partial charge in [-0.2, -0.15) is 14.0 Å². The lowest BCUT2D eigenvalue weighted by molar-refractivity contribution is -0.354. The zero-order valence-electron chi connectivity index (χ0n) is 17.8. The normalized spacial score (nSPS) is 22.0. The second-order valence-corrected chi connectivity index (χ2v) is 9.53. The van der Waals surface area contributed by atoms with E-state index in [-0.39, 0.29) is 29.2 Å². The summed E-state index contributed by atoms with van der Waals surface area (Å²) in [5.74, 6) is -5.20. The van der Waals surface area contributed by atoms with Crippen molar-refractivity contribution >= 4 is 27.3 Å². The van der Waals surface area contributed by atoms with Crippen LogP contribution in [0.3, 0.4) is 0 Å². The maximum Gasteiger partial charge on any atom is 0.341 e. The molecule has 1 amide bonds. The largest absolute Gasteiger partial charge is 0.386 e. The first-order valence-electron chi connectivity index (χ1n) is 10.1. The SMILES string of the molecule is N#C[C@H]1CC(NCC(F)F)CC[C@@H]1N/C=C(/C(N)=O)C(N)=[NH+]c1ccc(S(=O)(=O)C(F)F)cc1. The number of nitrogens with two attached hydrogens (primary N) is 2. The van der Waals surface area contributed by atoms with Crippen molar-refractivity contribution in [3.8, 4) is 6.07 Å². The van der Waals surface area contributed by atoms with Gasteiger partial charge in [0.15, 0.2) is 0 Å². The lowest BCUT2D eigenvalue weighted by Crippen LogP contribution is -2.70. The lowest BCUT2D eigenvalue weighted by Gasteiger charge is -2.33. The van der Waals surface area contributed by atoms with Gasteiger partial charge in [0.1, 0.15) is 11.3 Å². The van der Waals surface area contributed by atoms with E-state index in [2.05, 4.69) is 21.7 Å². The number of rotatable bonds is 10. The van der Waals surface area contributed by atoms with Crippen molar-refractivity contribution in [1.29, 1.82) is 5.26 Å². The zero-order valence-corrected chi connectivity index (χ0v) is 18.7. The molecule has 186 valence electrons. The summed E-state index contributed by atoms with van der Waals surface area (Å²) in [6.45, 7) is -0.459. The number of amidine groups is 1. The monoisotopic (exact) mass is 505 g/mol. The maximum absolute atomic E-state index is 12.6. The molecular formula is C20H25F4N6O3S+. The van der Waals surface area contributed by atoms with Gasteiger partial charge in [-0.3, -0.25) is 10.5 Å². The van der Waals surface area contributed by atoms with Gasteiger partial charge in [0.25, 0.3) is 18.2 Å². The van der Waals surface area contributed by atoms with Gasteiger partial charge in [-0.1, -0.05) is 0 Å². The van der Waals surface area contributed by atoms with Crippen molar-refractivity contribution in [2.75, 3.05) is 6.54 Å². The number of hydrogen-bond acceptors (Lipinski definition) is 6. The highest BCUT2D eigenvalue weighted by atomic mass is 32.2. The van der Waals surface area contributed by atoms with Crippen LogP contribution in [0.25, 0.3) is 0 Å². The van der Waals surface area contributed by atoms with E-state index in [1.54, 1.807) is 0 Å². The van der Waals surface area contributed by atoms with Crippen LogP contribution in [-0.4, -0.2) is 51.0 Å². The fourth-order valence-corrected chi connectivity index (χ4v) is 4.20.